The van der Waals surface area contributed by atoms with Gasteiger partial charge in [-0.3, -0.25) is 4.79 Å². The van der Waals surface area contributed by atoms with Crippen LogP contribution in [-0.4, -0.2) is 29.9 Å². The third-order valence-electron chi connectivity index (χ3n) is 3.97. The lowest BCUT2D eigenvalue weighted by Crippen LogP contribution is -2.42. The molecule has 0 saturated carbocycles. The normalized spacial score (nSPS) is 29.1. The Morgan fingerprint density at radius 1 is 1.21 bits per heavy atom. The Bertz CT molecular complexity index is 587. The first kappa shape index (κ1) is 11.2. The topological polar surface area (TPSA) is 38.8 Å². The van der Waals surface area contributed by atoms with E-state index in [1.165, 1.54) is 0 Å². The molecule has 0 atom stereocenters. The molecular formula is C15H15NO3. The first-order valence-corrected chi connectivity index (χ1v) is 6.71. The number of fused-ring (bicyclic) bond motifs is 3. The summed E-state index contributed by atoms with van der Waals surface area (Å²) in [6, 6.07) is 7.79. The van der Waals surface area contributed by atoms with Gasteiger partial charge in [0.05, 0.1) is 5.70 Å². The van der Waals surface area contributed by atoms with Crippen molar-refractivity contribution in [3.05, 3.63) is 41.0 Å². The average molecular weight is 257 g/mol. The fourth-order valence-corrected chi connectivity index (χ4v) is 3.13. The molecule has 1 aromatic rings. The van der Waals surface area contributed by atoms with E-state index in [0.717, 1.165) is 41.8 Å². The Morgan fingerprint density at radius 3 is 2.68 bits per heavy atom. The SMILES string of the molecule is CC1OC(C2=C3c4ccccc4C(=O)N3CCC2)O1. The first-order valence-electron chi connectivity index (χ1n) is 6.71. The molecule has 19 heavy (non-hydrogen) atoms. The van der Waals surface area contributed by atoms with Crippen LogP contribution in [0.5, 0.6) is 0 Å². The lowest BCUT2D eigenvalue weighted by molar-refractivity contribution is -0.359. The van der Waals surface area contributed by atoms with Crippen LogP contribution in [0.3, 0.4) is 0 Å². The number of carbonyl (C=O) groups excluding carboxylic acids is 1. The van der Waals surface area contributed by atoms with Gasteiger partial charge in [0.2, 0.25) is 0 Å². The monoisotopic (exact) mass is 257 g/mol. The average Bonchev–Trinajstić information content (AvgIpc) is 2.70. The second kappa shape index (κ2) is 3.92. The van der Waals surface area contributed by atoms with Crippen LogP contribution in [0.2, 0.25) is 0 Å². The summed E-state index contributed by atoms with van der Waals surface area (Å²) in [5.74, 6) is 0.107. The fourth-order valence-electron chi connectivity index (χ4n) is 3.13. The third-order valence-corrected chi connectivity index (χ3v) is 3.97. The summed E-state index contributed by atoms with van der Waals surface area (Å²) in [5, 5.41) is 0. The summed E-state index contributed by atoms with van der Waals surface area (Å²) in [4.78, 5) is 14.3. The summed E-state index contributed by atoms with van der Waals surface area (Å²) in [6.45, 7) is 2.67. The third kappa shape index (κ3) is 1.50. The maximum absolute atomic E-state index is 12.4. The van der Waals surface area contributed by atoms with Crippen LogP contribution in [0.15, 0.2) is 29.8 Å². The molecule has 4 nitrogen and oxygen atoms in total. The van der Waals surface area contributed by atoms with Crippen molar-refractivity contribution in [2.24, 2.45) is 0 Å². The molecular weight excluding hydrogens is 242 g/mol. The molecule has 0 aliphatic carbocycles. The van der Waals surface area contributed by atoms with Gasteiger partial charge < -0.3 is 14.4 Å². The predicted octanol–water partition coefficient (Wildman–Crippen LogP) is 2.37. The standard InChI is InChI=1S/C15H15NO3/c1-9-18-15(19-9)12-7-4-8-16-13(12)10-5-2-3-6-11(10)14(16)17/h2-3,5-6,9,15H,4,7-8H2,1H3. The Kier molecular flexibility index (Phi) is 2.31. The highest BCUT2D eigenvalue weighted by Gasteiger charge is 2.41. The lowest BCUT2D eigenvalue weighted by atomic mass is 9.98. The molecule has 3 aliphatic rings. The fraction of sp³-hybridized carbons (Fsp3) is 0.400. The highest BCUT2D eigenvalue weighted by atomic mass is 16.9. The minimum Gasteiger partial charge on any atom is -0.320 e. The van der Waals surface area contributed by atoms with Gasteiger partial charge in [0.15, 0.2) is 12.6 Å². The van der Waals surface area contributed by atoms with Crippen LogP contribution in [0.1, 0.15) is 35.7 Å². The van der Waals surface area contributed by atoms with Crippen LogP contribution in [0.4, 0.5) is 0 Å². The zero-order chi connectivity index (χ0) is 13.0. The van der Waals surface area contributed by atoms with Crippen LogP contribution >= 0.6 is 0 Å². The van der Waals surface area contributed by atoms with E-state index in [2.05, 4.69) is 0 Å². The zero-order valence-corrected chi connectivity index (χ0v) is 10.8. The second-order valence-corrected chi connectivity index (χ2v) is 5.15. The number of carbonyl (C=O) groups is 1. The van der Waals surface area contributed by atoms with E-state index in [9.17, 15) is 4.79 Å². The van der Waals surface area contributed by atoms with Crippen molar-refractivity contribution in [3.63, 3.8) is 0 Å². The molecule has 1 saturated heterocycles. The number of ether oxygens (including phenoxy) is 2. The molecule has 0 bridgehead atoms. The van der Waals surface area contributed by atoms with Gasteiger partial charge in [-0.15, -0.1) is 0 Å². The van der Waals surface area contributed by atoms with Gasteiger partial charge in [0, 0.05) is 23.2 Å². The van der Waals surface area contributed by atoms with Crippen molar-refractivity contribution in [1.82, 2.24) is 4.90 Å². The van der Waals surface area contributed by atoms with Crippen molar-refractivity contribution in [2.45, 2.75) is 32.3 Å². The van der Waals surface area contributed by atoms with Gasteiger partial charge in [0.25, 0.3) is 5.91 Å². The van der Waals surface area contributed by atoms with Crippen LogP contribution in [0, 0.1) is 0 Å². The smallest absolute Gasteiger partial charge is 0.258 e. The number of rotatable bonds is 1. The molecule has 1 fully saturated rings. The Hall–Kier alpha value is -1.65. The van der Waals surface area contributed by atoms with Gasteiger partial charge in [-0.1, -0.05) is 18.2 Å². The van der Waals surface area contributed by atoms with Crippen LogP contribution in [-0.2, 0) is 9.47 Å². The van der Waals surface area contributed by atoms with E-state index >= 15 is 0 Å². The molecule has 0 N–H and O–H groups in total. The molecule has 0 aromatic heterocycles. The maximum atomic E-state index is 12.4. The number of nitrogens with zero attached hydrogens (tertiary/aromatic N) is 1. The quantitative estimate of drug-likeness (QED) is 0.775. The zero-order valence-electron chi connectivity index (χ0n) is 10.8. The Balaban J connectivity index is 1.85. The van der Waals surface area contributed by atoms with Gasteiger partial charge in [0.1, 0.15) is 0 Å². The molecule has 4 heteroatoms. The highest BCUT2D eigenvalue weighted by Crippen LogP contribution is 2.42. The van der Waals surface area contributed by atoms with E-state index < -0.39 is 0 Å². The molecule has 98 valence electrons. The van der Waals surface area contributed by atoms with Gasteiger partial charge in [-0.05, 0) is 25.8 Å². The van der Waals surface area contributed by atoms with E-state index in [4.69, 9.17) is 9.47 Å². The maximum Gasteiger partial charge on any atom is 0.258 e. The number of amides is 1. The summed E-state index contributed by atoms with van der Waals surface area (Å²) < 4.78 is 11.2. The van der Waals surface area contributed by atoms with E-state index in [-0.39, 0.29) is 18.5 Å². The minimum atomic E-state index is -0.272. The summed E-state index contributed by atoms with van der Waals surface area (Å²) >= 11 is 0. The highest BCUT2D eigenvalue weighted by molar-refractivity contribution is 6.09. The van der Waals surface area contributed by atoms with E-state index in [1.54, 1.807) is 0 Å². The predicted molar refractivity (Wildman–Crippen MR) is 69.1 cm³/mol. The second-order valence-electron chi connectivity index (χ2n) is 5.15. The van der Waals surface area contributed by atoms with E-state index in [1.807, 2.05) is 36.1 Å². The van der Waals surface area contributed by atoms with Gasteiger partial charge in [-0.2, -0.15) is 0 Å². The molecule has 4 rings (SSSR count). The molecule has 0 spiro atoms. The summed E-state index contributed by atoms with van der Waals surface area (Å²) in [5.41, 5.74) is 3.95. The van der Waals surface area contributed by atoms with E-state index in [0.29, 0.717) is 0 Å². The van der Waals surface area contributed by atoms with Gasteiger partial charge >= 0.3 is 0 Å². The Labute approximate surface area is 111 Å². The molecule has 1 aromatic carbocycles. The molecule has 0 unspecified atom stereocenters. The Morgan fingerprint density at radius 2 is 1.95 bits per heavy atom. The van der Waals surface area contributed by atoms with Crippen LogP contribution in [0.25, 0.3) is 5.70 Å². The molecule has 3 heterocycles. The molecule has 1 amide bonds. The minimum absolute atomic E-state index is 0.107. The molecule has 3 aliphatic heterocycles. The van der Waals surface area contributed by atoms with Crippen molar-refractivity contribution in [2.75, 3.05) is 6.54 Å². The molecule has 0 radical (unpaired) electrons. The largest absolute Gasteiger partial charge is 0.320 e. The van der Waals surface area contributed by atoms with Gasteiger partial charge in [-0.25, -0.2) is 0 Å². The van der Waals surface area contributed by atoms with Crippen molar-refractivity contribution >= 4 is 11.6 Å². The van der Waals surface area contributed by atoms with Crippen LogP contribution < -0.4 is 0 Å². The first-order chi connectivity index (χ1) is 9.25. The number of hydrogen-bond acceptors (Lipinski definition) is 3. The number of benzene rings is 1. The van der Waals surface area contributed by atoms with Crippen molar-refractivity contribution in [3.8, 4) is 0 Å². The summed E-state index contributed by atoms with van der Waals surface area (Å²) in [7, 11) is 0. The van der Waals surface area contributed by atoms with Crippen molar-refractivity contribution in [1.29, 1.82) is 0 Å². The summed E-state index contributed by atoms with van der Waals surface area (Å²) in [6.07, 6.45) is 1.49. The van der Waals surface area contributed by atoms with Crippen molar-refractivity contribution < 1.29 is 14.3 Å². The number of hydrogen-bond donors (Lipinski definition) is 0. The lowest BCUT2D eigenvalue weighted by Gasteiger charge is -2.39.